The van der Waals surface area contributed by atoms with Gasteiger partial charge >= 0.3 is 0 Å². The summed E-state index contributed by atoms with van der Waals surface area (Å²) < 4.78 is 1.07. The number of anilines is 3. The quantitative estimate of drug-likeness (QED) is 0.206. The average molecular weight is 565 g/mol. The minimum atomic E-state index is -0.477. The molecule has 0 fully saturated rings. The van der Waals surface area contributed by atoms with E-state index >= 15 is 0 Å². The molecule has 1 aliphatic rings. The Morgan fingerprint density at radius 3 is 1.67 bits per heavy atom. The summed E-state index contributed by atoms with van der Waals surface area (Å²) in [7, 11) is 0. The van der Waals surface area contributed by atoms with Crippen molar-refractivity contribution in [2.45, 2.75) is 5.41 Å². The number of hydrogen-bond donors (Lipinski definition) is 0. The summed E-state index contributed by atoms with van der Waals surface area (Å²) in [4.78, 5) is 2.43. The molecule has 0 N–H and O–H groups in total. The van der Waals surface area contributed by atoms with E-state index < -0.39 is 5.41 Å². The maximum absolute atomic E-state index is 3.67. The first-order chi connectivity index (χ1) is 19.3. The van der Waals surface area contributed by atoms with Crippen LogP contribution in [0.15, 0.2) is 162 Å². The molecule has 39 heavy (non-hydrogen) atoms. The molecule has 0 aromatic heterocycles. The van der Waals surface area contributed by atoms with Crippen molar-refractivity contribution in [1.82, 2.24) is 0 Å². The van der Waals surface area contributed by atoms with E-state index in [1.54, 1.807) is 0 Å². The lowest BCUT2D eigenvalue weighted by Gasteiger charge is -2.46. The Bertz CT molecular complexity index is 1720. The van der Waals surface area contributed by atoms with E-state index in [4.69, 9.17) is 0 Å². The van der Waals surface area contributed by atoms with Gasteiger partial charge in [0.1, 0.15) is 0 Å². The van der Waals surface area contributed by atoms with Gasteiger partial charge < -0.3 is 4.90 Å². The van der Waals surface area contributed by atoms with Crippen molar-refractivity contribution in [3.63, 3.8) is 0 Å². The van der Waals surface area contributed by atoms with E-state index in [1.807, 2.05) is 0 Å². The molecule has 0 bridgehead atoms. The molecular weight excluding hydrogens is 538 g/mol. The second-order valence-electron chi connectivity index (χ2n) is 9.91. The van der Waals surface area contributed by atoms with Gasteiger partial charge in [-0.15, -0.1) is 0 Å². The van der Waals surface area contributed by atoms with Gasteiger partial charge in [-0.05, 0) is 69.8 Å². The fourth-order valence-corrected chi connectivity index (χ4v) is 6.56. The van der Waals surface area contributed by atoms with E-state index in [0.717, 1.165) is 10.2 Å². The summed E-state index contributed by atoms with van der Waals surface area (Å²) in [6.07, 6.45) is 0. The van der Waals surface area contributed by atoms with Crippen LogP contribution in [-0.2, 0) is 5.41 Å². The SMILES string of the molecule is Brc1cccc(-c2ccc3c(c2)N(c2ccccc2)c2ccccc2C3(c2ccccc2)c2ccccc2)c1. The molecule has 186 valence electrons. The van der Waals surface area contributed by atoms with Crippen LogP contribution in [0.4, 0.5) is 17.1 Å². The van der Waals surface area contributed by atoms with Crippen LogP contribution in [0.5, 0.6) is 0 Å². The van der Waals surface area contributed by atoms with E-state index in [9.17, 15) is 0 Å². The Balaban J connectivity index is 1.62. The third-order valence-corrected chi connectivity index (χ3v) is 8.27. The molecule has 0 amide bonds. The second kappa shape index (κ2) is 9.72. The Labute approximate surface area is 238 Å². The molecule has 1 nitrogen and oxygen atoms in total. The van der Waals surface area contributed by atoms with Crippen LogP contribution in [0.1, 0.15) is 22.3 Å². The highest BCUT2D eigenvalue weighted by atomic mass is 79.9. The molecule has 0 radical (unpaired) electrons. The van der Waals surface area contributed by atoms with Gasteiger partial charge in [-0.1, -0.05) is 137 Å². The zero-order chi connectivity index (χ0) is 26.2. The molecule has 1 aliphatic heterocycles. The molecule has 0 saturated carbocycles. The zero-order valence-corrected chi connectivity index (χ0v) is 22.9. The molecule has 0 aliphatic carbocycles. The van der Waals surface area contributed by atoms with E-state index in [1.165, 1.54) is 44.8 Å². The topological polar surface area (TPSA) is 3.24 Å². The Kier molecular flexibility index (Phi) is 5.91. The number of hydrogen-bond acceptors (Lipinski definition) is 1. The lowest BCUT2D eigenvalue weighted by Crippen LogP contribution is -2.37. The monoisotopic (exact) mass is 563 g/mol. The minimum Gasteiger partial charge on any atom is -0.310 e. The summed E-state index contributed by atoms with van der Waals surface area (Å²) in [5, 5.41) is 0. The normalized spacial score (nSPS) is 13.4. The Morgan fingerprint density at radius 2 is 1.00 bits per heavy atom. The number of nitrogens with zero attached hydrogens (tertiary/aromatic N) is 1. The van der Waals surface area contributed by atoms with Crippen molar-refractivity contribution < 1.29 is 0 Å². The van der Waals surface area contributed by atoms with Gasteiger partial charge in [0.15, 0.2) is 0 Å². The maximum Gasteiger partial charge on any atom is 0.0742 e. The third kappa shape index (κ3) is 3.83. The van der Waals surface area contributed by atoms with Gasteiger partial charge in [0.2, 0.25) is 0 Å². The molecule has 1 heterocycles. The molecule has 0 atom stereocenters. The smallest absolute Gasteiger partial charge is 0.0742 e. The summed E-state index contributed by atoms with van der Waals surface area (Å²) in [5.41, 5.74) is 10.5. The Morgan fingerprint density at radius 1 is 0.436 bits per heavy atom. The summed E-state index contributed by atoms with van der Waals surface area (Å²) in [6, 6.07) is 57.0. The minimum absolute atomic E-state index is 0.477. The fraction of sp³-hybridized carbons (Fsp3) is 0.0270. The van der Waals surface area contributed by atoms with Crippen LogP contribution in [0.2, 0.25) is 0 Å². The number of benzene rings is 6. The van der Waals surface area contributed by atoms with E-state index in [2.05, 4.69) is 179 Å². The molecule has 2 heteroatoms. The van der Waals surface area contributed by atoms with E-state index in [-0.39, 0.29) is 0 Å². The van der Waals surface area contributed by atoms with Crippen LogP contribution >= 0.6 is 15.9 Å². The standard InChI is InChI=1S/C37H26BrN/c38-31-18-12-13-27(25-31)28-23-24-34-36(26-28)39(32-19-8-3-9-20-32)35-22-11-10-21-33(35)37(34,29-14-4-1-5-15-29)30-16-6-2-7-17-30/h1-26H. The second-order valence-corrected chi connectivity index (χ2v) is 10.8. The first-order valence-electron chi connectivity index (χ1n) is 13.2. The first-order valence-corrected chi connectivity index (χ1v) is 14.0. The molecule has 6 aromatic carbocycles. The van der Waals surface area contributed by atoms with Crippen molar-refractivity contribution in [3.05, 3.63) is 184 Å². The fourth-order valence-electron chi connectivity index (χ4n) is 6.16. The highest BCUT2D eigenvalue weighted by Gasteiger charge is 2.46. The molecule has 0 unspecified atom stereocenters. The average Bonchev–Trinajstić information content (AvgIpc) is 3.01. The van der Waals surface area contributed by atoms with Gasteiger partial charge in [-0.3, -0.25) is 0 Å². The van der Waals surface area contributed by atoms with Gasteiger partial charge in [0.05, 0.1) is 16.8 Å². The van der Waals surface area contributed by atoms with Crippen LogP contribution < -0.4 is 4.90 Å². The van der Waals surface area contributed by atoms with E-state index in [0.29, 0.717) is 0 Å². The largest absolute Gasteiger partial charge is 0.310 e. The summed E-state index contributed by atoms with van der Waals surface area (Å²) in [6.45, 7) is 0. The first kappa shape index (κ1) is 23.7. The van der Waals surface area contributed by atoms with Crippen molar-refractivity contribution in [3.8, 4) is 11.1 Å². The van der Waals surface area contributed by atoms with Crippen molar-refractivity contribution >= 4 is 33.0 Å². The number of para-hydroxylation sites is 2. The molecule has 0 saturated heterocycles. The number of rotatable bonds is 4. The summed E-state index contributed by atoms with van der Waals surface area (Å²) in [5.74, 6) is 0. The Hall–Kier alpha value is -4.40. The van der Waals surface area contributed by atoms with Crippen molar-refractivity contribution in [1.29, 1.82) is 0 Å². The van der Waals surface area contributed by atoms with Crippen LogP contribution in [0, 0.1) is 0 Å². The van der Waals surface area contributed by atoms with Gasteiger partial charge in [-0.2, -0.15) is 0 Å². The number of fused-ring (bicyclic) bond motifs is 2. The number of halogens is 1. The molecular formula is C37H26BrN. The van der Waals surface area contributed by atoms with Crippen molar-refractivity contribution in [2.75, 3.05) is 4.90 Å². The zero-order valence-electron chi connectivity index (χ0n) is 21.3. The molecule has 6 aromatic rings. The van der Waals surface area contributed by atoms with Crippen LogP contribution in [0.25, 0.3) is 11.1 Å². The van der Waals surface area contributed by atoms with Crippen LogP contribution in [-0.4, -0.2) is 0 Å². The van der Waals surface area contributed by atoms with Crippen LogP contribution in [0.3, 0.4) is 0 Å². The lowest BCUT2D eigenvalue weighted by molar-refractivity contribution is 0.731. The predicted molar refractivity (Wildman–Crippen MR) is 166 cm³/mol. The van der Waals surface area contributed by atoms with Gasteiger partial charge in [0, 0.05) is 10.2 Å². The van der Waals surface area contributed by atoms with Gasteiger partial charge in [0.25, 0.3) is 0 Å². The third-order valence-electron chi connectivity index (χ3n) is 7.78. The lowest BCUT2D eigenvalue weighted by atomic mass is 9.62. The summed E-state index contributed by atoms with van der Waals surface area (Å²) >= 11 is 3.67. The van der Waals surface area contributed by atoms with Gasteiger partial charge in [-0.25, -0.2) is 0 Å². The predicted octanol–water partition coefficient (Wildman–Crippen LogP) is 10.3. The van der Waals surface area contributed by atoms with Crippen molar-refractivity contribution in [2.24, 2.45) is 0 Å². The maximum atomic E-state index is 3.67. The molecule has 0 spiro atoms. The highest BCUT2D eigenvalue weighted by Crippen LogP contribution is 2.58. The highest BCUT2D eigenvalue weighted by molar-refractivity contribution is 9.10. The molecule has 7 rings (SSSR count).